The Kier molecular flexibility index (Phi) is 4.19. The maximum Gasteiger partial charge on any atom is 0.125 e. The van der Waals surface area contributed by atoms with Crippen LogP contribution in [0.15, 0.2) is 12.1 Å². The molecular weight excluding hydrogens is 234 g/mol. The van der Waals surface area contributed by atoms with Crippen LogP contribution in [0.4, 0.5) is 0 Å². The van der Waals surface area contributed by atoms with Gasteiger partial charge in [-0.2, -0.15) is 0 Å². The van der Waals surface area contributed by atoms with Gasteiger partial charge >= 0.3 is 0 Å². The largest absolute Gasteiger partial charge is 0.496 e. The van der Waals surface area contributed by atoms with Crippen molar-refractivity contribution in [3.63, 3.8) is 0 Å². The first-order valence-corrected chi connectivity index (χ1v) is 7.33. The van der Waals surface area contributed by atoms with Gasteiger partial charge in [-0.25, -0.2) is 0 Å². The molecule has 1 saturated heterocycles. The lowest BCUT2D eigenvalue weighted by molar-refractivity contribution is 0.394. The van der Waals surface area contributed by atoms with Gasteiger partial charge in [-0.1, -0.05) is 32.9 Å². The zero-order chi connectivity index (χ0) is 14.0. The second-order valence-electron chi connectivity index (χ2n) is 6.74. The van der Waals surface area contributed by atoms with Crippen molar-refractivity contribution >= 4 is 0 Å². The van der Waals surface area contributed by atoms with Gasteiger partial charge in [0.15, 0.2) is 0 Å². The number of methoxy groups -OCH3 is 1. The summed E-state index contributed by atoms with van der Waals surface area (Å²) >= 11 is 0. The lowest BCUT2D eigenvalue weighted by atomic mass is 9.83. The van der Waals surface area contributed by atoms with Crippen LogP contribution in [0, 0.1) is 6.92 Å². The van der Waals surface area contributed by atoms with Gasteiger partial charge in [0.25, 0.3) is 0 Å². The van der Waals surface area contributed by atoms with Gasteiger partial charge in [0, 0.05) is 11.6 Å². The van der Waals surface area contributed by atoms with Crippen LogP contribution in [0.5, 0.6) is 5.75 Å². The highest BCUT2D eigenvalue weighted by Gasteiger charge is 2.22. The Morgan fingerprint density at radius 3 is 2.58 bits per heavy atom. The number of nitrogens with one attached hydrogen (secondary N) is 1. The quantitative estimate of drug-likeness (QED) is 0.897. The third-order valence-corrected chi connectivity index (χ3v) is 3.99. The summed E-state index contributed by atoms with van der Waals surface area (Å²) in [4.78, 5) is 0. The summed E-state index contributed by atoms with van der Waals surface area (Å²) in [5.74, 6) is 1.05. The van der Waals surface area contributed by atoms with Gasteiger partial charge in [0.2, 0.25) is 0 Å². The third kappa shape index (κ3) is 3.30. The molecule has 2 heteroatoms. The van der Waals surface area contributed by atoms with Crippen LogP contribution in [0.25, 0.3) is 0 Å². The predicted molar refractivity (Wildman–Crippen MR) is 81.2 cm³/mol. The molecule has 1 aromatic carbocycles. The van der Waals surface area contributed by atoms with Crippen LogP contribution in [-0.2, 0) is 11.8 Å². The molecular formula is C17H27NO. The third-order valence-electron chi connectivity index (χ3n) is 3.99. The fraction of sp³-hybridized carbons (Fsp3) is 0.647. The van der Waals surface area contributed by atoms with Crippen LogP contribution >= 0.6 is 0 Å². The summed E-state index contributed by atoms with van der Waals surface area (Å²) in [6.45, 7) is 10.1. The van der Waals surface area contributed by atoms with E-state index in [0.717, 1.165) is 12.2 Å². The van der Waals surface area contributed by atoms with Gasteiger partial charge in [-0.15, -0.1) is 0 Å². The number of hydrogen-bond donors (Lipinski definition) is 1. The highest BCUT2D eigenvalue weighted by Crippen LogP contribution is 2.35. The van der Waals surface area contributed by atoms with E-state index >= 15 is 0 Å². The molecule has 0 radical (unpaired) electrons. The number of rotatable bonds is 3. The molecule has 1 atom stereocenters. The Morgan fingerprint density at radius 1 is 1.32 bits per heavy atom. The number of hydrogen-bond acceptors (Lipinski definition) is 2. The Morgan fingerprint density at radius 2 is 2.05 bits per heavy atom. The van der Waals surface area contributed by atoms with E-state index in [1.165, 1.54) is 36.1 Å². The predicted octanol–water partition coefficient (Wildman–Crippen LogP) is 3.60. The molecule has 0 saturated carbocycles. The number of ether oxygens (including phenoxy) is 1. The molecule has 0 spiro atoms. The van der Waals surface area contributed by atoms with Crippen molar-refractivity contribution in [2.24, 2.45) is 0 Å². The van der Waals surface area contributed by atoms with Crippen LogP contribution in [-0.4, -0.2) is 19.7 Å². The second-order valence-corrected chi connectivity index (χ2v) is 6.74. The highest BCUT2D eigenvalue weighted by molar-refractivity contribution is 5.47. The molecule has 0 aliphatic carbocycles. The topological polar surface area (TPSA) is 21.3 Å². The molecule has 2 rings (SSSR count). The zero-order valence-electron chi connectivity index (χ0n) is 13.0. The van der Waals surface area contributed by atoms with E-state index in [2.05, 4.69) is 45.1 Å². The van der Waals surface area contributed by atoms with Gasteiger partial charge in [0.05, 0.1) is 7.11 Å². The van der Waals surface area contributed by atoms with E-state index in [1.54, 1.807) is 7.11 Å². The molecule has 0 bridgehead atoms. The van der Waals surface area contributed by atoms with Gasteiger partial charge < -0.3 is 10.1 Å². The molecule has 106 valence electrons. The van der Waals surface area contributed by atoms with E-state index in [4.69, 9.17) is 4.74 Å². The van der Waals surface area contributed by atoms with Gasteiger partial charge in [0.1, 0.15) is 5.75 Å². The van der Waals surface area contributed by atoms with E-state index in [0.29, 0.717) is 6.04 Å². The number of benzene rings is 1. The number of aryl methyl sites for hydroxylation is 1. The second kappa shape index (κ2) is 5.54. The van der Waals surface area contributed by atoms with Gasteiger partial charge in [-0.3, -0.25) is 0 Å². The summed E-state index contributed by atoms with van der Waals surface area (Å²) in [6.07, 6.45) is 3.75. The summed E-state index contributed by atoms with van der Waals surface area (Å²) in [6, 6.07) is 5.28. The van der Waals surface area contributed by atoms with Crippen molar-refractivity contribution < 1.29 is 4.74 Å². The summed E-state index contributed by atoms with van der Waals surface area (Å²) in [5.41, 5.74) is 4.13. The van der Waals surface area contributed by atoms with Crippen LogP contribution < -0.4 is 10.1 Å². The van der Waals surface area contributed by atoms with Gasteiger partial charge in [-0.05, 0) is 49.3 Å². The molecule has 0 aromatic heterocycles. The minimum atomic E-state index is 0.120. The average Bonchev–Trinajstić information content (AvgIpc) is 2.80. The van der Waals surface area contributed by atoms with Crippen LogP contribution in [0.1, 0.15) is 50.3 Å². The Balaban J connectivity index is 2.32. The molecule has 1 aliphatic rings. The molecule has 1 heterocycles. The summed E-state index contributed by atoms with van der Waals surface area (Å²) in [7, 11) is 1.77. The Bertz CT molecular complexity index is 439. The van der Waals surface area contributed by atoms with Crippen LogP contribution in [0.2, 0.25) is 0 Å². The fourth-order valence-electron chi connectivity index (χ4n) is 3.01. The first kappa shape index (κ1) is 14.4. The molecule has 1 N–H and O–H groups in total. The SMILES string of the molecule is COc1c(C)cc(CC2CCCN2)cc1C(C)(C)C. The first-order chi connectivity index (χ1) is 8.91. The highest BCUT2D eigenvalue weighted by atomic mass is 16.5. The minimum Gasteiger partial charge on any atom is -0.496 e. The first-order valence-electron chi connectivity index (χ1n) is 7.33. The van der Waals surface area contributed by atoms with Crippen LogP contribution in [0.3, 0.4) is 0 Å². The standard InChI is InChI=1S/C17H27NO/c1-12-9-13(10-14-7-6-8-18-14)11-15(16(12)19-5)17(2,3)4/h9,11,14,18H,6-8,10H2,1-5H3. The summed E-state index contributed by atoms with van der Waals surface area (Å²) < 4.78 is 5.61. The Labute approximate surface area is 117 Å². The van der Waals surface area contributed by atoms with Crippen molar-refractivity contribution in [1.29, 1.82) is 0 Å². The smallest absolute Gasteiger partial charge is 0.125 e. The lowest BCUT2D eigenvalue weighted by Gasteiger charge is -2.25. The van der Waals surface area contributed by atoms with Crippen molar-refractivity contribution in [2.75, 3.05) is 13.7 Å². The Hall–Kier alpha value is -1.02. The molecule has 0 amide bonds. The lowest BCUT2D eigenvalue weighted by Crippen LogP contribution is -2.24. The maximum atomic E-state index is 5.61. The van der Waals surface area contributed by atoms with E-state index < -0.39 is 0 Å². The van der Waals surface area contributed by atoms with E-state index in [-0.39, 0.29) is 5.41 Å². The van der Waals surface area contributed by atoms with Crippen molar-refractivity contribution in [2.45, 2.75) is 58.4 Å². The van der Waals surface area contributed by atoms with Crippen molar-refractivity contribution in [1.82, 2.24) is 5.32 Å². The molecule has 2 nitrogen and oxygen atoms in total. The molecule has 1 aliphatic heterocycles. The molecule has 1 fully saturated rings. The molecule has 1 aromatic rings. The molecule has 1 unspecified atom stereocenters. The fourth-order valence-corrected chi connectivity index (χ4v) is 3.01. The van der Waals surface area contributed by atoms with E-state index in [1.807, 2.05) is 0 Å². The molecule has 19 heavy (non-hydrogen) atoms. The van der Waals surface area contributed by atoms with E-state index in [9.17, 15) is 0 Å². The maximum absolute atomic E-state index is 5.61. The average molecular weight is 261 g/mol. The monoisotopic (exact) mass is 261 g/mol. The van der Waals surface area contributed by atoms with Crippen molar-refractivity contribution in [3.8, 4) is 5.75 Å². The minimum absolute atomic E-state index is 0.120. The van der Waals surface area contributed by atoms with Crippen molar-refractivity contribution in [3.05, 3.63) is 28.8 Å². The summed E-state index contributed by atoms with van der Waals surface area (Å²) in [5, 5.41) is 3.58. The normalized spacial score (nSPS) is 19.7. The zero-order valence-corrected chi connectivity index (χ0v) is 13.0.